The van der Waals surface area contributed by atoms with E-state index in [1.165, 1.54) is 45.2 Å². The first-order valence-electron chi connectivity index (χ1n) is 7.26. The molecule has 1 saturated heterocycles. The monoisotopic (exact) mass is 242 g/mol. The molecule has 0 aromatic carbocycles. The molecule has 17 heavy (non-hydrogen) atoms. The number of likely N-dealkylation sites (tertiary alicyclic amines) is 1. The summed E-state index contributed by atoms with van der Waals surface area (Å²) in [5, 5.41) is 3.58. The predicted molar refractivity (Wildman–Crippen MR) is 73.5 cm³/mol. The Bertz CT molecular complexity index is 187. The third kappa shape index (κ3) is 5.36. The average Bonchev–Trinajstić information content (AvgIpc) is 2.35. The molecule has 0 aliphatic carbocycles. The van der Waals surface area contributed by atoms with Gasteiger partial charge in [0.2, 0.25) is 0 Å². The van der Waals surface area contributed by atoms with Gasteiger partial charge in [-0.1, -0.05) is 13.3 Å². The quantitative estimate of drug-likeness (QED) is 0.661. The minimum absolute atomic E-state index is 0.628. The van der Waals surface area contributed by atoms with E-state index < -0.39 is 0 Å². The van der Waals surface area contributed by atoms with E-state index in [1.807, 2.05) is 0 Å². The maximum absolute atomic E-state index is 5.11. The summed E-state index contributed by atoms with van der Waals surface area (Å²) >= 11 is 0. The Morgan fingerprint density at radius 1 is 1.35 bits per heavy atom. The number of likely N-dealkylation sites (N-methyl/N-ethyl adjacent to an activating group) is 1. The second kappa shape index (κ2) is 8.90. The van der Waals surface area contributed by atoms with Crippen LogP contribution in [0.1, 0.15) is 46.0 Å². The highest BCUT2D eigenvalue weighted by Gasteiger charge is 2.26. The third-order valence-corrected chi connectivity index (χ3v) is 3.81. The number of unbranched alkanes of at least 4 members (excludes halogenated alkanes) is 1. The molecule has 1 aliphatic heterocycles. The SMILES string of the molecule is CCNC(C)C1CCCCN1CCCCOC. The first kappa shape index (κ1) is 14.9. The smallest absolute Gasteiger partial charge is 0.0462 e. The van der Waals surface area contributed by atoms with Gasteiger partial charge in [-0.05, 0) is 52.2 Å². The molecule has 2 atom stereocenters. The zero-order chi connectivity index (χ0) is 12.5. The van der Waals surface area contributed by atoms with Crippen molar-refractivity contribution in [1.82, 2.24) is 10.2 Å². The van der Waals surface area contributed by atoms with Gasteiger partial charge in [-0.3, -0.25) is 4.90 Å². The average molecular weight is 242 g/mol. The summed E-state index contributed by atoms with van der Waals surface area (Å²) in [7, 11) is 1.79. The van der Waals surface area contributed by atoms with Crippen LogP contribution in [0.5, 0.6) is 0 Å². The van der Waals surface area contributed by atoms with Gasteiger partial charge in [0.15, 0.2) is 0 Å². The Morgan fingerprint density at radius 2 is 2.18 bits per heavy atom. The van der Waals surface area contributed by atoms with Crippen LogP contribution in [0.25, 0.3) is 0 Å². The lowest BCUT2D eigenvalue weighted by molar-refractivity contribution is 0.112. The molecule has 102 valence electrons. The van der Waals surface area contributed by atoms with Gasteiger partial charge >= 0.3 is 0 Å². The fourth-order valence-electron chi connectivity index (χ4n) is 2.88. The fourth-order valence-corrected chi connectivity index (χ4v) is 2.88. The molecule has 0 saturated carbocycles. The first-order chi connectivity index (χ1) is 8.29. The summed E-state index contributed by atoms with van der Waals surface area (Å²) in [6, 6.07) is 1.37. The summed E-state index contributed by atoms with van der Waals surface area (Å²) in [4.78, 5) is 2.69. The molecule has 0 aromatic heterocycles. The van der Waals surface area contributed by atoms with Crippen LogP contribution in [0.4, 0.5) is 0 Å². The molecule has 0 aromatic rings. The van der Waals surface area contributed by atoms with Gasteiger partial charge < -0.3 is 10.1 Å². The Labute approximate surface area is 107 Å². The van der Waals surface area contributed by atoms with Crippen LogP contribution in [-0.4, -0.2) is 50.3 Å². The van der Waals surface area contributed by atoms with Crippen molar-refractivity contribution in [3.05, 3.63) is 0 Å². The van der Waals surface area contributed by atoms with E-state index in [0.29, 0.717) is 6.04 Å². The van der Waals surface area contributed by atoms with E-state index in [0.717, 1.165) is 19.2 Å². The third-order valence-electron chi connectivity index (χ3n) is 3.81. The highest BCUT2D eigenvalue weighted by atomic mass is 16.5. The van der Waals surface area contributed by atoms with Gasteiger partial charge in [0, 0.05) is 25.8 Å². The number of hydrogen-bond donors (Lipinski definition) is 1. The lowest BCUT2D eigenvalue weighted by atomic mass is 9.96. The van der Waals surface area contributed by atoms with Crippen molar-refractivity contribution in [2.45, 2.75) is 58.0 Å². The molecule has 0 bridgehead atoms. The van der Waals surface area contributed by atoms with Crippen LogP contribution in [0.15, 0.2) is 0 Å². The van der Waals surface area contributed by atoms with Crippen molar-refractivity contribution in [3.8, 4) is 0 Å². The number of piperidine rings is 1. The van der Waals surface area contributed by atoms with E-state index in [9.17, 15) is 0 Å². The second-order valence-corrected chi connectivity index (χ2v) is 5.15. The van der Waals surface area contributed by atoms with Crippen molar-refractivity contribution >= 4 is 0 Å². The van der Waals surface area contributed by atoms with Gasteiger partial charge in [-0.15, -0.1) is 0 Å². The molecule has 0 spiro atoms. The summed E-state index contributed by atoms with van der Waals surface area (Å²) in [6.07, 6.45) is 6.59. The standard InChI is InChI=1S/C14H30N2O/c1-4-15-13(2)14-9-5-6-10-16(14)11-7-8-12-17-3/h13-15H,4-12H2,1-3H3. The molecular formula is C14H30N2O. The number of hydrogen-bond acceptors (Lipinski definition) is 3. The number of ether oxygens (including phenoxy) is 1. The Kier molecular flexibility index (Phi) is 7.82. The van der Waals surface area contributed by atoms with E-state index >= 15 is 0 Å². The van der Waals surface area contributed by atoms with Crippen LogP contribution >= 0.6 is 0 Å². The molecule has 0 amide bonds. The molecule has 0 radical (unpaired) electrons. The van der Waals surface area contributed by atoms with Crippen molar-refractivity contribution in [1.29, 1.82) is 0 Å². The van der Waals surface area contributed by atoms with Crippen LogP contribution in [0.3, 0.4) is 0 Å². The van der Waals surface area contributed by atoms with Gasteiger partial charge in [0.25, 0.3) is 0 Å². The minimum Gasteiger partial charge on any atom is -0.385 e. The summed E-state index contributed by atoms with van der Waals surface area (Å²) < 4.78 is 5.11. The zero-order valence-corrected chi connectivity index (χ0v) is 11.9. The van der Waals surface area contributed by atoms with Gasteiger partial charge in [0.05, 0.1) is 0 Å². The second-order valence-electron chi connectivity index (χ2n) is 5.15. The highest BCUT2D eigenvalue weighted by Crippen LogP contribution is 2.20. The van der Waals surface area contributed by atoms with Gasteiger partial charge in [0.1, 0.15) is 0 Å². The molecule has 3 nitrogen and oxygen atoms in total. The topological polar surface area (TPSA) is 24.5 Å². The lowest BCUT2D eigenvalue weighted by Crippen LogP contribution is -2.51. The Morgan fingerprint density at radius 3 is 2.88 bits per heavy atom. The number of rotatable bonds is 8. The molecule has 1 heterocycles. The van der Waals surface area contributed by atoms with Gasteiger partial charge in [-0.25, -0.2) is 0 Å². The van der Waals surface area contributed by atoms with E-state index in [4.69, 9.17) is 4.74 Å². The van der Waals surface area contributed by atoms with Crippen LogP contribution < -0.4 is 5.32 Å². The van der Waals surface area contributed by atoms with E-state index in [-0.39, 0.29) is 0 Å². The molecule has 1 aliphatic rings. The normalized spacial score (nSPS) is 23.8. The summed E-state index contributed by atoms with van der Waals surface area (Å²) in [5.74, 6) is 0. The highest BCUT2D eigenvalue weighted by molar-refractivity contribution is 4.84. The Balaban J connectivity index is 2.31. The molecular weight excluding hydrogens is 212 g/mol. The first-order valence-corrected chi connectivity index (χ1v) is 7.26. The summed E-state index contributed by atoms with van der Waals surface area (Å²) in [5.41, 5.74) is 0. The van der Waals surface area contributed by atoms with E-state index in [1.54, 1.807) is 7.11 Å². The van der Waals surface area contributed by atoms with Crippen LogP contribution in [0.2, 0.25) is 0 Å². The molecule has 1 rings (SSSR count). The van der Waals surface area contributed by atoms with Crippen molar-refractivity contribution < 1.29 is 4.74 Å². The fraction of sp³-hybridized carbons (Fsp3) is 1.00. The van der Waals surface area contributed by atoms with Crippen LogP contribution in [0, 0.1) is 0 Å². The maximum atomic E-state index is 5.11. The van der Waals surface area contributed by atoms with E-state index in [2.05, 4.69) is 24.1 Å². The maximum Gasteiger partial charge on any atom is 0.0462 e. The predicted octanol–water partition coefficient (Wildman–Crippen LogP) is 2.27. The van der Waals surface area contributed by atoms with Crippen molar-refractivity contribution in [2.75, 3.05) is 33.4 Å². The zero-order valence-electron chi connectivity index (χ0n) is 11.9. The largest absolute Gasteiger partial charge is 0.385 e. The number of methoxy groups -OCH3 is 1. The summed E-state index contributed by atoms with van der Waals surface area (Å²) in [6.45, 7) is 9.04. The van der Waals surface area contributed by atoms with Gasteiger partial charge in [-0.2, -0.15) is 0 Å². The van der Waals surface area contributed by atoms with Crippen molar-refractivity contribution in [3.63, 3.8) is 0 Å². The number of nitrogens with zero attached hydrogens (tertiary/aromatic N) is 1. The molecule has 1 fully saturated rings. The Hall–Kier alpha value is -0.120. The molecule has 3 heteroatoms. The van der Waals surface area contributed by atoms with Crippen molar-refractivity contribution in [2.24, 2.45) is 0 Å². The van der Waals surface area contributed by atoms with Crippen LogP contribution in [-0.2, 0) is 4.74 Å². The molecule has 1 N–H and O–H groups in total. The minimum atomic E-state index is 0.628. The lowest BCUT2D eigenvalue weighted by Gasteiger charge is -2.39. The number of nitrogens with one attached hydrogen (secondary N) is 1. The molecule has 2 unspecified atom stereocenters.